The van der Waals surface area contributed by atoms with E-state index in [1.807, 2.05) is 36.4 Å². The molecule has 1 atom stereocenters. The Hall–Kier alpha value is -1.06. The van der Waals surface area contributed by atoms with Crippen LogP contribution in [0.4, 0.5) is 0 Å². The van der Waals surface area contributed by atoms with Crippen LogP contribution < -0.4 is 5.32 Å². The van der Waals surface area contributed by atoms with E-state index < -0.39 is 5.60 Å². The van der Waals surface area contributed by atoms with Gasteiger partial charge in [-0.25, -0.2) is 0 Å². The smallest absolute Gasteiger partial charge is 0.0728 e. The first-order chi connectivity index (χ1) is 12.1. The molecule has 2 N–H and O–H groups in total. The molecule has 1 fully saturated rings. The fourth-order valence-corrected chi connectivity index (χ4v) is 4.12. The highest BCUT2D eigenvalue weighted by molar-refractivity contribution is 6.42. The van der Waals surface area contributed by atoms with Gasteiger partial charge in [0.15, 0.2) is 0 Å². The van der Waals surface area contributed by atoms with Crippen molar-refractivity contribution in [2.45, 2.75) is 50.2 Å². The van der Waals surface area contributed by atoms with E-state index in [0.29, 0.717) is 16.6 Å². The lowest BCUT2D eigenvalue weighted by Crippen LogP contribution is -2.43. The Morgan fingerprint density at radius 2 is 1.68 bits per heavy atom. The van der Waals surface area contributed by atoms with Gasteiger partial charge in [-0.05, 0) is 36.1 Å². The third kappa shape index (κ3) is 4.77. The van der Waals surface area contributed by atoms with Crippen molar-refractivity contribution in [2.75, 3.05) is 6.54 Å². The van der Waals surface area contributed by atoms with Gasteiger partial charge in [0.2, 0.25) is 0 Å². The predicted molar refractivity (Wildman–Crippen MR) is 105 cm³/mol. The lowest BCUT2D eigenvalue weighted by molar-refractivity contribution is -0.0216. The molecule has 1 aliphatic carbocycles. The molecule has 2 aromatic carbocycles. The molecule has 0 heterocycles. The molecule has 3 rings (SSSR count). The Labute approximate surface area is 160 Å². The fourth-order valence-electron chi connectivity index (χ4n) is 3.82. The number of hydrogen-bond donors (Lipinski definition) is 2. The van der Waals surface area contributed by atoms with E-state index in [2.05, 4.69) is 17.4 Å². The molecule has 1 saturated carbocycles. The van der Waals surface area contributed by atoms with E-state index in [9.17, 15) is 5.11 Å². The van der Waals surface area contributed by atoms with Crippen LogP contribution in [0.3, 0.4) is 0 Å². The highest BCUT2D eigenvalue weighted by Gasteiger charge is 2.38. The third-order valence-electron chi connectivity index (χ3n) is 5.23. The van der Waals surface area contributed by atoms with Crippen LogP contribution in [0, 0.1) is 0 Å². The van der Waals surface area contributed by atoms with Gasteiger partial charge < -0.3 is 10.4 Å². The summed E-state index contributed by atoms with van der Waals surface area (Å²) in [6.07, 6.45) is 5.03. The maximum absolute atomic E-state index is 11.3. The zero-order valence-corrected chi connectivity index (χ0v) is 15.9. The van der Waals surface area contributed by atoms with Gasteiger partial charge in [-0.15, -0.1) is 0 Å². The van der Waals surface area contributed by atoms with Crippen LogP contribution >= 0.6 is 23.2 Å². The Kier molecular flexibility index (Phi) is 6.40. The number of benzene rings is 2. The molecule has 25 heavy (non-hydrogen) atoms. The van der Waals surface area contributed by atoms with Crippen LogP contribution in [0.2, 0.25) is 10.0 Å². The van der Waals surface area contributed by atoms with E-state index in [1.54, 1.807) is 0 Å². The van der Waals surface area contributed by atoms with Crippen LogP contribution in [-0.4, -0.2) is 17.3 Å². The summed E-state index contributed by atoms with van der Waals surface area (Å²) in [6.45, 7) is 1.50. The molecule has 0 aliphatic heterocycles. The molecule has 0 amide bonds. The Bertz CT molecular complexity index is 684. The van der Waals surface area contributed by atoms with Crippen LogP contribution in [0.1, 0.15) is 49.1 Å². The minimum absolute atomic E-state index is 0.00581. The summed E-state index contributed by atoms with van der Waals surface area (Å²) in [5, 5.41) is 15.9. The second-order valence-electron chi connectivity index (χ2n) is 7.01. The minimum Gasteiger partial charge on any atom is -0.389 e. The summed E-state index contributed by atoms with van der Waals surface area (Å²) < 4.78 is 0. The van der Waals surface area contributed by atoms with Gasteiger partial charge >= 0.3 is 0 Å². The molecule has 1 unspecified atom stereocenters. The number of hydrogen-bond acceptors (Lipinski definition) is 2. The molecule has 1 aliphatic rings. The summed E-state index contributed by atoms with van der Waals surface area (Å²) in [6, 6.07) is 16.1. The molecule has 0 aromatic heterocycles. The predicted octanol–water partition coefficient (Wildman–Crippen LogP) is 5.56. The van der Waals surface area contributed by atoms with Crippen LogP contribution in [-0.2, 0) is 6.54 Å². The fraction of sp³-hybridized carbons (Fsp3) is 0.429. The van der Waals surface area contributed by atoms with Crippen molar-refractivity contribution in [2.24, 2.45) is 0 Å². The first kappa shape index (κ1) is 18.7. The van der Waals surface area contributed by atoms with E-state index in [4.69, 9.17) is 23.2 Å². The van der Waals surface area contributed by atoms with E-state index in [0.717, 1.165) is 37.8 Å². The molecule has 134 valence electrons. The van der Waals surface area contributed by atoms with Gasteiger partial charge in [-0.1, -0.05) is 78.9 Å². The van der Waals surface area contributed by atoms with Crippen LogP contribution in [0.15, 0.2) is 48.5 Å². The van der Waals surface area contributed by atoms with Crippen molar-refractivity contribution in [3.05, 3.63) is 69.7 Å². The maximum atomic E-state index is 11.3. The zero-order valence-electron chi connectivity index (χ0n) is 14.3. The lowest BCUT2D eigenvalue weighted by atomic mass is 9.72. The lowest BCUT2D eigenvalue weighted by Gasteiger charge is -2.40. The number of nitrogens with one attached hydrogen (secondary N) is 1. The van der Waals surface area contributed by atoms with E-state index in [1.165, 1.54) is 12.0 Å². The van der Waals surface area contributed by atoms with E-state index in [-0.39, 0.29) is 5.92 Å². The SMILES string of the molecule is OC1(C(CNCc2ccccc2)c2ccc(Cl)c(Cl)c2)CCCCC1. The largest absolute Gasteiger partial charge is 0.389 e. The van der Waals surface area contributed by atoms with Crippen molar-refractivity contribution >= 4 is 23.2 Å². The van der Waals surface area contributed by atoms with Gasteiger partial charge in [0.25, 0.3) is 0 Å². The van der Waals surface area contributed by atoms with Crippen molar-refractivity contribution in [1.29, 1.82) is 0 Å². The maximum Gasteiger partial charge on any atom is 0.0728 e. The first-order valence-corrected chi connectivity index (χ1v) is 9.76. The summed E-state index contributed by atoms with van der Waals surface area (Å²) in [7, 11) is 0. The van der Waals surface area contributed by atoms with E-state index >= 15 is 0 Å². The van der Waals surface area contributed by atoms with Crippen molar-refractivity contribution in [1.82, 2.24) is 5.32 Å². The Morgan fingerprint density at radius 1 is 0.960 bits per heavy atom. The van der Waals surface area contributed by atoms with Gasteiger partial charge in [0, 0.05) is 19.0 Å². The normalized spacial score (nSPS) is 18.0. The molecule has 4 heteroatoms. The van der Waals surface area contributed by atoms with Crippen molar-refractivity contribution in [3.63, 3.8) is 0 Å². The molecule has 2 nitrogen and oxygen atoms in total. The molecular weight excluding hydrogens is 353 g/mol. The van der Waals surface area contributed by atoms with Crippen molar-refractivity contribution in [3.8, 4) is 0 Å². The quantitative estimate of drug-likeness (QED) is 0.690. The standard InChI is InChI=1S/C21H25Cl2NO/c22-19-10-9-17(13-20(19)23)18(21(25)11-5-2-6-12-21)15-24-14-16-7-3-1-4-8-16/h1,3-4,7-10,13,18,24-25H,2,5-6,11-12,14-15H2. The molecule has 0 saturated heterocycles. The van der Waals surface area contributed by atoms with Gasteiger partial charge in [0.05, 0.1) is 15.6 Å². The average molecular weight is 378 g/mol. The summed E-state index contributed by atoms with van der Waals surface area (Å²) >= 11 is 12.3. The minimum atomic E-state index is -0.681. The van der Waals surface area contributed by atoms with Gasteiger partial charge in [0.1, 0.15) is 0 Å². The number of halogens is 2. The Balaban J connectivity index is 1.77. The Morgan fingerprint density at radius 3 is 2.36 bits per heavy atom. The molecule has 2 aromatic rings. The zero-order chi connectivity index (χ0) is 17.7. The summed E-state index contributed by atoms with van der Waals surface area (Å²) in [5.41, 5.74) is 1.62. The van der Waals surface area contributed by atoms with Crippen LogP contribution in [0.5, 0.6) is 0 Å². The second-order valence-corrected chi connectivity index (χ2v) is 7.82. The van der Waals surface area contributed by atoms with Gasteiger partial charge in [-0.2, -0.15) is 0 Å². The highest BCUT2D eigenvalue weighted by Crippen LogP contribution is 2.41. The highest BCUT2D eigenvalue weighted by atomic mass is 35.5. The monoisotopic (exact) mass is 377 g/mol. The topological polar surface area (TPSA) is 32.3 Å². The molecule has 0 bridgehead atoms. The first-order valence-electron chi connectivity index (χ1n) is 9.00. The van der Waals surface area contributed by atoms with Crippen LogP contribution in [0.25, 0.3) is 0 Å². The third-order valence-corrected chi connectivity index (χ3v) is 5.97. The number of rotatable bonds is 6. The van der Waals surface area contributed by atoms with Crippen molar-refractivity contribution < 1.29 is 5.11 Å². The second kappa shape index (κ2) is 8.55. The average Bonchev–Trinajstić information content (AvgIpc) is 2.63. The molecular formula is C21H25Cl2NO. The number of aliphatic hydroxyl groups is 1. The molecule has 0 spiro atoms. The summed E-state index contributed by atoms with van der Waals surface area (Å²) in [4.78, 5) is 0. The summed E-state index contributed by atoms with van der Waals surface area (Å²) in [5.74, 6) is 0.00581. The molecule has 0 radical (unpaired) electrons. The van der Waals surface area contributed by atoms with Gasteiger partial charge in [-0.3, -0.25) is 0 Å².